The van der Waals surface area contributed by atoms with E-state index in [0.29, 0.717) is 17.8 Å². The van der Waals surface area contributed by atoms with Crippen LogP contribution in [0.15, 0.2) is 6.07 Å². The molecule has 0 radical (unpaired) electrons. The summed E-state index contributed by atoms with van der Waals surface area (Å²) < 4.78 is 0. The SMILES string of the molecule is CN1CCN(c2nc(NC3CCC3)cc(C(=O)O)n2)CC1.[LiH]. The van der Waals surface area contributed by atoms with Crippen LogP contribution in [0.2, 0.25) is 0 Å². The van der Waals surface area contributed by atoms with Crippen LogP contribution in [0.25, 0.3) is 0 Å². The van der Waals surface area contributed by atoms with Crippen LogP contribution in [0.1, 0.15) is 29.8 Å². The first-order valence-electron chi connectivity index (χ1n) is 7.44. The predicted octanol–water partition coefficient (Wildman–Crippen LogP) is 0.242. The van der Waals surface area contributed by atoms with Gasteiger partial charge in [-0.1, -0.05) is 0 Å². The molecule has 0 amide bonds. The van der Waals surface area contributed by atoms with Crippen LogP contribution in [0.5, 0.6) is 0 Å². The first-order chi connectivity index (χ1) is 10.1. The zero-order valence-electron chi connectivity index (χ0n) is 12.2. The van der Waals surface area contributed by atoms with Gasteiger partial charge in [0.1, 0.15) is 5.82 Å². The third-order valence-corrected chi connectivity index (χ3v) is 4.18. The van der Waals surface area contributed by atoms with Crippen molar-refractivity contribution in [3.05, 3.63) is 11.8 Å². The van der Waals surface area contributed by atoms with Crippen molar-refractivity contribution in [2.75, 3.05) is 43.4 Å². The number of nitrogens with one attached hydrogen (secondary N) is 1. The van der Waals surface area contributed by atoms with Gasteiger partial charge in [0.05, 0.1) is 0 Å². The molecule has 1 aromatic heterocycles. The molecule has 0 bridgehead atoms. The fourth-order valence-corrected chi connectivity index (χ4v) is 2.53. The Morgan fingerprint density at radius 3 is 2.50 bits per heavy atom. The van der Waals surface area contributed by atoms with Crippen molar-refractivity contribution in [1.82, 2.24) is 14.9 Å². The number of carboxylic acid groups (broad SMARTS) is 1. The predicted molar refractivity (Wildman–Crippen MR) is 87.1 cm³/mol. The van der Waals surface area contributed by atoms with E-state index in [4.69, 9.17) is 0 Å². The molecular weight excluding hydrogens is 277 g/mol. The van der Waals surface area contributed by atoms with Crippen molar-refractivity contribution in [2.45, 2.75) is 25.3 Å². The molecule has 0 spiro atoms. The van der Waals surface area contributed by atoms with Crippen LogP contribution in [0, 0.1) is 0 Å². The van der Waals surface area contributed by atoms with E-state index in [9.17, 15) is 9.90 Å². The monoisotopic (exact) mass is 299 g/mol. The molecule has 7 nitrogen and oxygen atoms in total. The van der Waals surface area contributed by atoms with Crippen LogP contribution >= 0.6 is 0 Å². The van der Waals surface area contributed by atoms with E-state index in [2.05, 4.69) is 32.1 Å². The summed E-state index contributed by atoms with van der Waals surface area (Å²) >= 11 is 0. The average molecular weight is 299 g/mol. The summed E-state index contributed by atoms with van der Waals surface area (Å²) in [7, 11) is 2.08. The second kappa shape index (κ2) is 7.31. The van der Waals surface area contributed by atoms with Crippen molar-refractivity contribution < 1.29 is 9.90 Å². The van der Waals surface area contributed by atoms with E-state index < -0.39 is 5.97 Å². The minimum atomic E-state index is -1.01. The third-order valence-electron chi connectivity index (χ3n) is 4.18. The molecule has 0 atom stereocenters. The summed E-state index contributed by atoms with van der Waals surface area (Å²) in [5.74, 6) is 0.135. The average Bonchev–Trinajstić information content (AvgIpc) is 2.43. The van der Waals surface area contributed by atoms with Crippen molar-refractivity contribution in [3.63, 3.8) is 0 Å². The number of piperazine rings is 1. The molecule has 1 saturated carbocycles. The molecule has 2 fully saturated rings. The fraction of sp³-hybridized carbons (Fsp3) is 0.643. The van der Waals surface area contributed by atoms with Gasteiger partial charge >= 0.3 is 24.8 Å². The van der Waals surface area contributed by atoms with Gasteiger partial charge in [-0.3, -0.25) is 0 Å². The second-order valence-corrected chi connectivity index (χ2v) is 5.81. The Hall–Kier alpha value is -1.29. The molecule has 116 valence electrons. The Morgan fingerprint density at radius 2 is 1.95 bits per heavy atom. The van der Waals surface area contributed by atoms with Crippen LogP contribution in [0.4, 0.5) is 11.8 Å². The molecule has 1 saturated heterocycles. The normalized spacial score (nSPS) is 19.2. The molecule has 1 aliphatic carbocycles. The quantitative estimate of drug-likeness (QED) is 0.771. The summed E-state index contributed by atoms with van der Waals surface area (Å²) in [5, 5.41) is 12.5. The molecule has 0 aromatic carbocycles. The maximum atomic E-state index is 11.3. The van der Waals surface area contributed by atoms with Gasteiger partial charge in [0, 0.05) is 38.3 Å². The number of carbonyl (C=O) groups is 1. The van der Waals surface area contributed by atoms with Crippen LogP contribution in [-0.2, 0) is 0 Å². The Labute approximate surface area is 142 Å². The first kappa shape index (κ1) is 17.1. The molecule has 0 unspecified atom stereocenters. The number of nitrogens with zero attached hydrogens (tertiary/aromatic N) is 4. The van der Waals surface area contributed by atoms with Gasteiger partial charge in [-0.2, -0.15) is 4.98 Å². The molecule has 22 heavy (non-hydrogen) atoms. The van der Waals surface area contributed by atoms with Gasteiger partial charge in [-0.25, -0.2) is 9.78 Å². The Bertz CT molecular complexity index is 530. The van der Waals surface area contributed by atoms with Crippen LogP contribution in [-0.4, -0.2) is 84.1 Å². The van der Waals surface area contributed by atoms with E-state index >= 15 is 0 Å². The molecule has 3 rings (SSSR count). The Balaban J connectivity index is 0.00000176. The van der Waals surface area contributed by atoms with Gasteiger partial charge in [-0.15, -0.1) is 0 Å². The van der Waals surface area contributed by atoms with Crippen molar-refractivity contribution in [2.24, 2.45) is 0 Å². The van der Waals surface area contributed by atoms with E-state index in [1.54, 1.807) is 0 Å². The van der Waals surface area contributed by atoms with Crippen LogP contribution in [0.3, 0.4) is 0 Å². The number of aromatic nitrogens is 2. The van der Waals surface area contributed by atoms with E-state index in [-0.39, 0.29) is 24.6 Å². The number of carboxylic acids is 1. The van der Waals surface area contributed by atoms with Gasteiger partial charge in [0.25, 0.3) is 0 Å². The fourth-order valence-electron chi connectivity index (χ4n) is 2.53. The van der Waals surface area contributed by atoms with E-state index in [1.165, 1.54) is 12.5 Å². The molecule has 1 aliphatic heterocycles. The number of hydrogen-bond acceptors (Lipinski definition) is 6. The van der Waals surface area contributed by atoms with Crippen molar-refractivity contribution in [1.29, 1.82) is 0 Å². The van der Waals surface area contributed by atoms with Crippen LogP contribution < -0.4 is 10.2 Å². The summed E-state index contributed by atoms with van der Waals surface area (Å²) in [6, 6.07) is 1.95. The maximum absolute atomic E-state index is 11.3. The minimum absolute atomic E-state index is 0. The molecule has 2 aliphatic rings. The molecular formula is C14H22LiN5O2. The number of rotatable bonds is 4. The molecule has 2 N–H and O–H groups in total. The zero-order valence-corrected chi connectivity index (χ0v) is 12.2. The van der Waals surface area contributed by atoms with E-state index in [1.807, 2.05) is 0 Å². The summed E-state index contributed by atoms with van der Waals surface area (Å²) in [6.07, 6.45) is 3.46. The molecule has 8 heteroatoms. The van der Waals surface area contributed by atoms with Gasteiger partial charge in [0.2, 0.25) is 5.95 Å². The number of anilines is 2. The second-order valence-electron chi connectivity index (χ2n) is 5.81. The summed E-state index contributed by atoms with van der Waals surface area (Å²) in [4.78, 5) is 24.3. The van der Waals surface area contributed by atoms with Gasteiger partial charge in [-0.05, 0) is 26.3 Å². The number of hydrogen-bond donors (Lipinski definition) is 2. The van der Waals surface area contributed by atoms with Crippen molar-refractivity contribution in [3.8, 4) is 0 Å². The number of likely N-dealkylation sites (N-methyl/N-ethyl adjacent to an activating group) is 1. The standard InChI is InChI=1S/C14H21N5O2.Li.H/c1-18-5-7-19(8-6-18)14-16-11(13(20)21)9-12(17-14)15-10-3-2-4-10;;/h9-10H,2-8H2,1H3,(H,20,21)(H,15,16,17);;. The zero-order chi connectivity index (χ0) is 14.8. The van der Waals surface area contributed by atoms with Crippen molar-refractivity contribution >= 4 is 36.6 Å². The summed E-state index contributed by atoms with van der Waals surface area (Å²) in [5.41, 5.74) is 0.0563. The Kier molecular flexibility index (Phi) is 5.67. The van der Waals surface area contributed by atoms with E-state index in [0.717, 1.165) is 39.0 Å². The van der Waals surface area contributed by atoms with Gasteiger partial charge in [0.15, 0.2) is 5.69 Å². The molecule has 2 heterocycles. The third kappa shape index (κ3) is 3.92. The molecule has 1 aromatic rings. The summed E-state index contributed by atoms with van der Waals surface area (Å²) in [6.45, 7) is 3.52. The topological polar surface area (TPSA) is 81.6 Å². The van der Waals surface area contributed by atoms with Gasteiger partial charge < -0.3 is 20.2 Å². The number of aromatic carboxylic acids is 1. The first-order valence-corrected chi connectivity index (χ1v) is 7.44. The Morgan fingerprint density at radius 1 is 1.27 bits per heavy atom.